The van der Waals surface area contributed by atoms with Crippen molar-refractivity contribution in [2.75, 3.05) is 26.2 Å². The second kappa shape index (κ2) is 6.69. The Bertz CT molecular complexity index is 722. The number of H-pyrrole nitrogens is 1. The zero-order chi connectivity index (χ0) is 16.5. The molecule has 0 aromatic carbocycles. The van der Waals surface area contributed by atoms with Gasteiger partial charge in [-0.2, -0.15) is 5.10 Å². The van der Waals surface area contributed by atoms with Gasteiger partial charge in [-0.1, -0.05) is 0 Å². The van der Waals surface area contributed by atoms with Crippen molar-refractivity contribution in [3.05, 3.63) is 39.3 Å². The third-order valence-electron chi connectivity index (χ3n) is 5.16. The largest absolute Gasteiger partial charge is 0.341 e. The molecule has 5 nitrogen and oxygen atoms in total. The van der Waals surface area contributed by atoms with E-state index in [1.165, 1.54) is 10.4 Å². The van der Waals surface area contributed by atoms with E-state index in [1.807, 2.05) is 23.2 Å². The lowest BCUT2D eigenvalue weighted by molar-refractivity contribution is -0.133. The number of thiophene rings is 1. The summed E-state index contributed by atoms with van der Waals surface area (Å²) in [6.45, 7) is 6.17. The van der Waals surface area contributed by atoms with Crippen molar-refractivity contribution in [2.45, 2.75) is 38.6 Å². The van der Waals surface area contributed by atoms with Gasteiger partial charge in [-0.15, -0.1) is 11.3 Å². The molecule has 2 aliphatic rings. The summed E-state index contributed by atoms with van der Waals surface area (Å²) in [5, 5.41) is 9.58. The summed E-state index contributed by atoms with van der Waals surface area (Å²) in [5.74, 6) is 0.642. The first-order chi connectivity index (χ1) is 11.7. The molecule has 0 spiro atoms. The minimum atomic E-state index is 0.269. The van der Waals surface area contributed by atoms with Gasteiger partial charge in [0.25, 0.3) is 0 Å². The number of fused-ring (bicyclic) bond motifs is 1. The number of aryl methyl sites for hydroxylation is 1. The van der Waals surface area contributed by atoms with Gasteiger partial charge >= 0.3 is 0 Å². The van der Waals surface area contributed by atoms with E-state index in [4.69, 9.17) is 0 Å². The predicted molar refractivity (Wildman–Crippen MR) is 95.2 cm³/mol. The Balaban J connectivity index is 1.36. The van der Waals surface area contributed by atoms with E-state index in [0.29, 0.717) is 12.5 Å². The first-order valence-electron chi connectivity index (χ1n) is 8.76. The average molecular weight is 344 g/mol. The normalized spacial score (nSPS) is 21.7. The topological polar surface area (TPSA) is 52.2 Å². The zero-order valence-corrected chi connectivity index (χ0v) is 14.9. The van der Waals surface area contributed by atoms with Crippen LogP contribution in [0, 0.1) is 6.92 Å². The Morgan fingerprint density at radius 1 is 1.46 bits per heavy atom. The summed E-state index contributed by atoms with van der Waals surface area (Å²) in [4.78, 5) is 18.6. The fourth-order valence-electron chi connectivity index (χ4n) is 3.83. The Kier molecular flexibility index (Phi) is 4.41. The molecule has 24 heavy (non-hydrogen) atoms. The van der Waals surface area contributed by atoms with Crippen LogP contribution in [0.2, 0.25) is 0 Å². The fraction of sp³-hybridized carbons (Fsp3) is 0.556. The van der Waals surface area contributed by atoms with Crippen molar-refractivity contribution in [1.82, 2.24) is 20.0 Å². The van der Waals surface area contributed by atoms with Gasteiger partial charge in [-0.3, -0.25) is 14.8 Å². The molecule has 4 heterocycles. The number of nitrogens with zero attached hydrogens (tertiary/aromatic N) is 3. The lowest BCUT2D eigenvalue weighted by atomic mass is 9.94. The molecule has 0 bridgehead atoms. The number of aromatic nitrogens is 2. The van der Waals surface area contributed by atoms with Crippen molar-refractivity contribution >= 4 is 17.2 Å². The van der Waals surface area contributed by atoms with Crippen LogP contribution in [-0.2, 0) is 17.8 Å². The minimum Gasteiger partial charge on any atom is -0.341 e. The molecule has 2 aliphatic heterocycles. The summed E-state index contributed by atoms with van der Waals surface area (Å²) >= 11 is 1.84. The molecule has 2 aromatic heterocycles. The number of carbonyl (C=O) groups is 1. The van der Waals surface area contributed by atoms with E-state index >= 15 is 0 Å². The highest BCUT2D eigenvalue weighted by molar-refractivity contribution is 7.10. The van der Waals surface area contributed by atoms with Gasteiger partial charge in [0.2, 0.25) is 5.91 Å². The quantitative estimate of drug-likeness (QED) is 0.931. The number of piperidine rings is 1. The Morgan fingerprint density at radius 2 is 2.38 bits per heavy atom. The number of amides is 1. The van der Waals surface area contributed by atoms with E-state index in [1.54, 1.807) is 0 Å². The maximum absolute atomic E-state index is 12.8. The van der Waals surface area contributed by atoms with Crippen molar-refractivity contribution in [1.29, 1.82) is 0 Å². The van der Waals surface area contributed by atoms with E-state index < -0.39 is 0 Å². The number of aromatic amines is 1. The first kappa shape index (κ1) is 15.8. The van der Waals surface area contributed by atoms with Gasteiger partial charge in [0.05, 0.1) is 12.2 Å². The molecule has 128 valence electrons. The summed E-state index contributed by atoms with van der Waals surface area (Å²) in [5.41, 5.74) is 3.60. The number of likely N-dealkylation sites (tertiary alicyclic amines) is 1. The zero-order valence-electron chi connectivity index (χ0n) is 14.1. The number of nitrogens with one attached hydrogen (secondary N) is 1. The second-order valence-electron chi connectivity index (χ2n) is 6.98. The molecule has 1 fully saturated rings. The fourth-order valence-corrected chi connectivity index (χ4v) is 4.72. The number of carbonyl (C=O) groups excluding carboxylic acids is 1. The van der Waals surface area contributed by atoms with E-state index in [9.17, 15) is 4.79 Å². The third-order valence-corrected chi connectivity index (χ3v) is 6.19. The molecule has 0 radical (unpaired) electrons. The molecule has 4 rings (SSSR count). The third kappa shape index (κ3) is 3.26. The van der Waals surface area contributed by atoms with Crippen molar-refractivity contribution < 1.29 is 4.79 Å². The van der Waals surface area contributed by atoms with Crippen molar-refractivity contribution in [3.63, 3.8) is 0 Å². The molecule has 1 atom stereocenters. The molecule has 1 saturated heterocycles. The maximum atomic E-state index is 12.8. The Hall–Kier alpha value is -1.66. The maximum Gasteiger partial charge on any atom is 0.236 e. The van der Waals surface area contributed by atoms with Gasteiger partial charge in [0.15, 0.2) is 0 Å². The smallest absolute Gasteiger partial charge is 0.236 e. The highest BCUT2D eigenvalue weighted by Gasteiger charge is 2.28. The Labute approximate surface area is 146 Å². The van der Waals surface area contributed by atoms with Crippen LogP contribution in [0.25, 0.3) is 0 Å². The SMILES string of the molecule is Cc1cc([C@H]2CCCN(C(=O)CN3CCc4sccc4C3)C2)n[nH]1. The summed E-state index contributed by atoms with van der Waals surface area (Å²) in [6, 6.07) is 4.31. The number of hydrogen-bond donors (Lipinski definition) is 1. The van der Waals surface area contributed by atoms with Crippen LogP contribution >= 0.6 is 11.3 Å². The molecule has 0 saturated carbocycles. The minimum absolute atomic E-state index is 0.269. The van der Waals surface area contributed by atoms with E-state index in [-0.39, 0.29) is 5.91 Å². The van der Waals surface area contributed by atoms with Gasteiger partial charge in [0, 0.05) is 42.7 Å². The average Bonchev–Trinajstić information content (AvgIpc) is 3.23. The molecular formula is C18H24N4OS. The number of rotatable bonds is 3. The monoisotopic (exact) mass is 344 g/mol. The van der Waals surface area contributed by atoms with Gasteiger partial charge in [-0.05, 0) is 49.3 Å². The molecule has 0 unspecified atom stereocenters. The van der Waals surface area contributed by atoms with Crippen LogP contribution in [0.5, 0.6) is 0 Å². The van der Waals surface area contributed by atoms with Crippen molar-refractivity contribution in [3.8, 4) is 0 Å². The highest BCUT2D eigenvalue weighted by atomic mass is 32.1. The van der Waals surface area contributed by atoms with Crippen LogP contribution in [-0.4, -0.2) is 52.1 Å². The highest BCUT2D eigenvalue weighted by Crippen LogP contribution is 2.27. The predicted octanol–water partition coefficient (Wildman–Crippen LogP) is 2.54. The summed E-state index contributed by atoms with van der Waals surface area (Å²) < 4.78 is 0. The van der Waals surface area contributed by atoms with Gasteiger partial charge < -0.3 is 4.90 Å². The lowest BCUT2D eigenvalue weighted by Crippen LogP contribution is -2.45. The molecule has 1 amide bonds. The van der Waals surface area contributed by atoms with E-state index in [2.05, 4.69) is 32.6 Å². The standard InChI is InChI=1S/C18H24N4OS/c1-13-9-16(20-19-13)14-3-2-6-22(11-14)18(23)12-21-7-4-17-15(10-21)5-8-24-17/h5,8-9,14H,2-4,6-7,10-12H2,1H3,(H,19,20)/t14-/m0/s1. The lowest BCUT2D eigenvalue weighted by Gasteiger charge is -2.34. The molecular weight excluding hydrogens is 320 g/mol. The van der Waals surface area contributed by atoms with Crippen LogP contribution in [0.1, 0.15) is 40.6 Å². The Morgan fingerprint density at radius 3 is 3.21 bits per heavy atom. The van der Waals surface area contributed by atoms with Crippen molar-refractivity contribution in [2.24, 2.45) is 0 Å². The van der Waals surface area contributed by atoms with E-state index in [0.717, 1.165) is 56.8 Å². The van der Waals surface area contributed by atoms with Crippen LogP contribution < -0.4 is 0 Å². The number of hydrogen-bond acceptors (Lipinski definition) is 4. The molecule has 0 aliphatic carbocycles. The van der Waals surface area contributed by atoms with Crippen LogP contribution in [0.15, 0.2) is 17.5 Å². The second-order valence-corrected chi connectivity index (χ2v) is 7.99. The van der Waals surface area contributed by atoms with Crippen LogP contribution in [0.4, 0.5) is 0 Å². The molecule has 6 heteroatoms. The summed E-state index contributed by atoms with van der Waals surface area (Å²) in [6.07, 6.45) is 3.27. The molecule has 2 aromatic rings. The first-order valence-corrected chi connectivity index (χ1v) is 9.64. The summed E-state index contributed by atoms with van der Waals surface area (Å²) in [7, 11) is 0. The van der Waals surface area contributed by atoms with Gasteiger partial charge in [-0.25, -0.2) is 0 Å². The molecule has 1 N–H and O–H groups in total. The van der Waals surface area contributed by atoms with Gasteiger partial charge in [0.1, 0.15) is 0 Å². The van der Waals surface area contributed by atoms with Crippen LogP contribution in [0.3, 0.4) is 0 Å².